The summed E-state index contributed by atoms with van der Waals surface area (Å²) < 4.78 is 0. The van der Waals surface area contributed by atoms with Gasteiger partial charge in [0.25, 0.3) is 0 Å². The van der Waals surface area contributed by atoms with Crippen molar-refractivity contribution in [3.05, 3.63) is 65.7 Å². The lowest BCUT2D eigenvalue weighted by molar-refractivity contribution is -0.131. The maximum absolute atomic E-state index is 12.7. The van der Waals surface area contributed by atoms with Crippen molar-refractivity contribution >= 4 is 11.6 Å². The number of amides is 1. The molecule has 2 N–H and O–H groups in total. The number of carbonyl (C=O) groups is 1. The van der Waals surface area contributed by atoms with Crippen LogP contribution >= 0.6 is 0 Å². The average Bonchev–Trinajstić information content (AvgIpc) is 2.54. The first-order valence-corrected chi connectivity index (χ1v) is 7.85. The zero-order valence-corrected chi connectivity index (χ0v) is 13.9. The highest BCUT2D eigenvalue weighted by molar-refractivity contribution is 5.79. The number of nitrogen functional groups attached to an aromatic ring is 1. The van der Waals surface area contributed by atoms with Crippen LogP contribution in [0.3, 0.4) is 0 Å². The third kappa shape index (κ3) is 5.75. The summed E-state index contributed by atoms with van der Waals surface area (Å²) in [5.41, 5.74) is 8.56. The monoisotopic (exact) mass is 311 g/mol. The molecule has 0 saturated heterocycles. The molecule has 0 saturated carbocycles. The summed E-state index contributed by atoms with van der Waals surface area (Å²) >= 11 is 0. The lowest BCUT2D eigenvalue weighted by Crippen LogP contribution is -2.37. The molecule has 0 atom stereocenters. The minimum Gasteiger partial charge on any atom is -0.399 e. The van der Waals surface area contributed by atoms with Crippen LogP contribution < -0.4 is 5.73 Å². The first-order chi connectivity index (χ1) is 11.0. The van der Waals surface area contributed by atoms with Gasteiger partial charge >= 0.3 is 0 Å². The number of hydrogen-bond acceptors (Lipinski definition) is 3. The first-order valence-electron chi connectivity index (χ1n) is 7.85. The van der Waals surface area contributed by atoms with Gasteiger partial charge in [0, 0.05) is 25.3 Å². The van der Waals surface area contributed by atoms with Gasteiger partial charge < -0.3 is 15.5 Å². The van der Waals surface area contributed by atoms with Crippen LogP contribution in [0.1, 0.15) is 11.1 Å². The van der Waals surface area contributed by atoms with E-state index >= 15 is 0 Å². The van der Waals surface area contributed by atoms with Crippen molar-refractivity contribution in [3.8, 4) is 0 Å². The molecular formula is C19H25N3O. The van der Waals surface area contributed by atoms with E-state index in [9.17, 15) is 4.79 Å². The number of anilines is 1. The molecule has 0 bridgehead atoms. The maximum atomic E-state index is 12.7. The van der Waals surface area contributed by atoms with E-state index in [2.05, 4.69) is 17.0 Å². The van der Waals surface area contributed by atoms with Gasteiger partial charge in [0.15, 0.2) is 0 Å². The number of nitrogens with two attached hydrogens (primary N) is 1. The minimum absolute atomic E-state index is 0.139. The average molecular weight is 311 g/mol. The van der Waals surface area contributed by atoms with Gasteiger partial charge in [-0.15, -0.1) is 0 Å². The van der Waals surface area contributed by atoms with Crippen molar-refractivity contribution in [2.45, 2.75) is 13.0 Å². The molecule has 2 aromatic rings. The predicted octanol–water partition coefficient (Wildman–Crippen LogP) is 2.40. The molecule has 23 heavy (non-hydrogen) atoms. The van der Waals surface area contributed by atoms with Crippen molar-refractivity contribution in [3.63, 3.8) is 0 Å². The van der Waals surface area contributed by atoms with E-state index in [0.29, 0.717) is 13.0 Å². The van der Waals surface area contributed by atoms with Gasteiger partial charge in [-0.1, -0.05) is 42.5 Å². The second kappa shape index (κ2) is 8.34. The minimum atomic E-state index is 0.139. The Morgan fingerprint density at radius 1 is 0.913 bits per heavy atom. The Morgan fingerprint density at radius 3 is 2.17 bits per heavy atom. The molecule has 4 heteroatoms. The lowest BCUT2D eigenvalue weighted by atomic mass is 10.1. The molecule has 2 rings (SSSR count). The van der Waals surface area contributed by atoms with Crippen LogP contribution in [0.25, 0.3) is 0 Å². The fraction of sp³-hybridized carbons (Fsp3) is 0.316. The first kappa shape index (κ1) is 17.0. The quantitative estimate of drug-likeness (QED) is 0.799. The molecule has 122 valence electrons. The highest BCUT2D eigenvalue weighted by Crippen LogP contribution is 2.10. The van der Waals surface area contributed by atoms with E-state index in [-0.39, 0.29) is 5.91 Å². The van der Waals surface area contributed by atoms with Crippen molar-refractivity contribution in [2.75, 3.05) is 32.9 Å². The number of rotatable bonds is 7. The van der Waals surface area contributed by atoms with Crippen molar-refractivity contribution in [1.82, 2.24) is 9.80 Å². The number of likely N-dealkylation sites (N-methyl/N-ethyl adjacent to an activating group) is 1. The van der Waals surface area contributed by atoms with E-state index in [4.69, 9.17) is 5.73 Å². The number of benzene rings is 2. The third-order valence-corrected chi connectivity index (χ3v) is 3.72. The number of nitrogens with zero attached hydrogens (tertiary/aromatic N) is 2. The van der Waals surface area contributed by atoms with Crippen LogP contribution in [0.2, 0.25) is 0 Å². The highest BCUT2D eigenvalue weighted by atomic mass is 16.2. The summed E-state index contributed by atoms with van der Waals surface area (Å²) in [6.07, 6.45) is 0.403. The highest BCUT2D eigenvalue weighted by Gasteiger charge is 2.14. The Kier molecular flexibility index (Phi) is 6.18. The van der Waals surface area contributed by atoms with Crippen molar-refractivity contribution < 1.29 is 4.79 Å². The Balaban J connectivity index is 2.05. The van der Waals surface area contributed by atoms with E-state index in [1.165, 1.54) is 0 Å². The normalized spacial score (nSPS) is 10.7. The molecule has 0 spiro atoms. The Labute approximate surface area is 138 Å². The smallest absolute Gasteiger partial charge is 0.227 e. The van der Waals surface area contributed by atoms with E-state index in [1.54, 1.807) is 0 Å². The second-order valence-electron chi connectivity index (χ2n) is 6.02. The predicted molar refractivity (Wildman–Crippen MR) is 95.0 cm³/mol. The Morgan fingerprint density at radius 2 is 1.57 bits per heavy atom. The fourth-order valence-corrected chi connectivity index (χ4v) is 2.34. The molecule has 0 aliphatic carbocycles. The zero-order chi connectivity index (χ0) is 16.7. The largest absolute Gasteiger partial charge is 0.399 e. The number of hydrogen-bond donors (Lipinski definition) is 1. The molecule has 0 radical (unpaired) electrons. The standard InChI is InChI=1S/C19H25N3O/c1-21(2)12-13-22(15-17-6-4-3-5-7-17)19(23)14-16-8-10-18(20)11-9-16/h3-11H,12-15,20H2,1-2H3. The molecule has 0 heterocycles. The van der Waals surface area contributed by atoms with Gasteiger partial charge in [-0.3, -0.25) is 4.79 Å². The summed E-state index contributed by atoms with van der Waals surface area (Å²) in [4.78, 5) is 16.7. The Hall–Kier alpha value is -2.33. The third-order valence-electron chi connectivity index (χ3n) is 3.72. The van der Waals surface area contributed by atoms with Gasteiger partial charge in [0.05, 0.1) is 6.42 Å². The maximum Gasteiger partial charge on any atom is 0.227 e. The molecule has 1 amide bonds. The Bertz CT molecular complexity index is 608. The summed E-state index contributed by atoms with van der Waals surface area (Å²) in [6.45, 7) is 2.21. The summed E-state index contributed by atoms with van der Waals surface area (Å²) in [5.74, 6) is 0.139. The molecule has 0 fully saturated rings. The molecule has 0 aromatic heterocycles. The van der Waals surface area contributed by atoms with Crippen LogP contribution in [0.4, 0.5) is 5.69 Å². The van der Waals surface area contributed by atoms with Crippen LogP contribution in [0.15, 0.2) is 54.6 Å². The second-order valence-corrected chi connectivity index (χ2v) is 6.02. The zero-order valence-electron chi connectivity index (χ0n) is 13.9. The van der Waals surface area contributed by atoms with Crippen LogP contribution in [0.5, 0.6) is 0 Å². The van der Waals surface area contributed by atoms with E-state index in [1.807, 2.05) is 61.5 Å². The van der Waals surface area contributed by atoms with Gasteiger partial charge in [0.2, 0.25) is 5.91 Å². The van der Waals surface area contributed by atoms with Crippen molar-refractivity contribution in [1.29, 1.82) is 0 Å². The van der Waals surface area contributed by atoms with Crippen LogP contribution in [0, 0.1) is 0 Å². The summed E-state index contributed by atoms with van der Waals surface area (Å²) in [5, 5.41) is 0. The SMILES string of the molecule is CN(C)CCN(Cc1ccccc1)C(=O)Cc1ccc(N)cc1. The lowest BCUT2D eigenvalue weighted by Gasteiger charge is -2.25. The fourth-order valence-electron chi connectivity index (χ4n) is 2.34. The topological polar surface area (TPSA) is 49.6 Å². The molecule has 0 unspecified atom stereocenters. The summed E-state index contributed by atoms with van der Waals surface area (Å²) in [7, 11) is 4.04. The molecular weight excluding hydrogens is 286 g/mol. The van der Waals surface area contributed by atoms with Gasteiger partial charge in [-0.25, -0.2) is 0 Å². The van der Waals surface area contributed by atoms with Crippen LogP contribution in [-0.4, -0.2) is 42.9 Å². The molecule has 0 aliphatic rings. The molecule has 4 nitrogen and oxygen atoms in total. The van der Waals surface area contributed by atoms with E-state index in [0.717, 1.165) is 29.9 Å². The van der Waals surface area contributed by atoms with Crippen molar-refractivity contribution in [2.24, 2.45) is 0 Å². The number of carbonyl (C=O) groups excluding carboxylic acids is 1. The molecule has 0 aliphatic heterocycles. The van der Waals surface area contributed by atoms with Gasteiger partial charge in [-0.05, 0) is 37.4 Å². The van der Waals surface area contributed by atoms with Crippen LogP contribution in [-0.2, 0) is 17.8 Å². The van der Waals surface area contributed by atoms with E-state index < -0.39 is 0 Å². The summed E-state index contributed by atoms with van der Waals surface area (Å²) in [6, 6.07) is 17.6. The molecule has 2 aromatic carbocycles. The van der Waals surface area contributed by atoms with Gasteiger partial charge in [0.1, 0.15) is 0 Å². The van der Waals surface area contributed by atoms with Gasteiger partial charge in [-0.2, -0.15) is 0 Å².